The molecule has 13 nitrogen and oxygen atoms in total. The van der Waals surface area contributed by atoms with Crippen molar-refractivity contribution in [1.29, 1.82) is 0 Å². The lowest BCUT2D eigenvalue weighted by Crippen LogP contribution is -2.35. The van der Waals surface area contributed by atoms with Crippen LogP contribution in [0.5, 0.6) is 0 Å². The van der Waals surface area contributed by atoms with Gasteiger partial charge in [-0.2, -0.15) is 13.5 Å². The van der Waals surface area contributed by atoms with E-state index in [1.54, 1.807) is 6.92 Å². The fraction of sp³-hybridized carbons (Fsp3) is 0.667. The van der Waals surface area contributed by atoms with Crippen molar-refractivity contribution in [1.82, 2.24) is 20.2 Å². The summed E-state index contributed by atoms with van der Waals surface area (Å²) in [6.07, 6.45) is 1.25. The van der Waals surface area contributed by atoms with Crippen molar-refractivity contribution in [2.45, 2.75) is 44.3 Å². The van der Waals surface area contributed by atoms with Crippen LogP contribution in [0.15, 0.2) is 9.41 Å². The number of hydrogen-bond acceptors (Lipinski definition) is 8. The molecule has 0 spiro atoms. The number of rotatable bonds is 6. The first-order valence-electron chi connectivity index (χ1n) is 7.82. The minimum Gasteiger partial charge on any atom is -0.423 e. The molecule has 2 aliphatic rings. The zero-order valence-electron chi connectivity index (χ0n) is 13.8. The highest BCUT2D eigenvalue weighted by molar-refractivity contribution is 7.80. The normalized spacial score (nSPS) is 24.0. The van der Waals surface area contributed by atoms with Gasteiger partial charge in [0.05, 0.1) is 12.1 Å². The van der Waals surface area contributed by atoms with Crippen LogP contribution in [-0.2, 0) is 21.1 Å². The van der Waals surface area contributed by atoms with E-state index in [4.69, 9.17) is 20.4 Å². The highest BCUT2D eigenvalue weighted by atomic mass is 32.3. The maximum Gasteiger partial charge on any atom is 0.418 e. The van der Waals surface area contributed by atoms with E-state index in [-0.39, 0.29) is 24.4 Å². The summed E-state index contributed by atoms with van der Waals surface area (Å²) in [5.41, 5.74) is 10.6. The Hall–Kier alpha value is -2.45. The van der Waals surface area contributed by atoms with Crippen molar-refractivity contribution < 1.29 is 26.5 Å². The van der Waals surface area contributed by atoms with Crippen LogP contribution in [0, 0.1) is 0 Å². The summed E-state index contributed by atoms with van der Waals surface area (Å²) in [5.74, 6) is 0.506. The minimum atomic E-state index is -4.79. The zero-order valence-corrected chi connectivity index (χ0v) is 14.7. The molecule has 14 heteroatoms. The summed E-state index contributed by atoms with van der Waals surface area (Å²) in [6.45, 7) is 2.00. The smallest absolute Gasteiger partial charge is 0.418 e. The monoisotopic (exact) mass is 389 g/mol. The maximum atomic E-state index is 12.4. The number of guanidine groups is 1. The van der Waals surface area contributed by atoms with Crippen molar-refractivity contribution in [3.05, 3.63) is 11.8 Å². The molecule has 0 aliphatic carbocycles. The molecule has 2 amide bonds. The lowest BCUT2D eigenvalue weighted by Gasteiger charge is -2.27. The minimum absolute atomic E-state index is 0.0443. The second kappa shape index (κ2) is 6.69. The van der Waals surface area contributed by atoms with E-state index in [0.29, 0.717) is 30.2 Å². The van der Waals surface area contributed by atoms with Crippen LogP contribution in [0.25, 0.3) is 0 Å². The molecule has 3 rings (SSSR count). The molecule has 2 saturated heterocycles. The molecule has 0 radical (unpaired) electrons. The Labute approximate surface area is 148 Å². The molecule has 2 fully saturated rings. The van der Waals surface area contributed by atoms with Gasteiger partial charge in [0, 0.05) is 13.0 Å². The Morgan fingerprint density at radius 2 is 2.19 bits per heavy atom. The second-order valence-electron chi connectivity index (χ2n) is 6.15. The fourth-order valence-corrected chi connectivity index (χ4v) is 3.51. The van der Waals surface area contributed by atoms with E-state index in [1.165, 1.54) is 4.90 Å². The molecule has 144 valence electrons. The van der Waals surface area contributed by atoms with Gasteiger partial charge in [-0.25, -0.2) is 4.79 Å². The Morgan fingerprint density at radius 3 is 2.85 bits per heavy atom. The van der Waals surface area contributed by atoms with E-state index in [2.05, 4.69) is 19.5 Å². The molecule has 1 aromatic rings. The molecule has 2 bridgehead atoms. The number of nitrogens with zero attached hydrogens (tertiary/aromatic N) is 5. The molecule has 1 aromatic heterocycles. The molecule has 5 N–H and O–H groups in total. The molecule has 3 heterocycles. The predicted molar refractivity (Wildman–Crippen MR) is 85.6 cm³/mol. The van der Waals surface area contributed by atoms with E-state index in [9.17, 15) is 13.2 Å². The average Bonchev–Trinajstić information content (AvgIpc) is 3.05. The topological polar surface area (TPSA) is 190 Å². The molecule has 2 aliphatic heterocycles. The number of carbonyl (C=O) groups excluding carboxylic acids is 1. The summed E-state index contributed by atoms with van der Waals surface area (Å²) in [5, 5.41) is 8.57. The van der Waals surface area contributed by atoms with Crippen molar-refractivity contribution in [2.24, 2.45) is 16.5 Å². The number of fused-ring (bicyclic) bond motifs is 2. The first kappa shape index (κ1) is 18.3. The summed E-state index contributed by atoms with van der Waals surface area (Å²) in [4.78, 5) is 17.7. The standard InChI is InChI=1S/C12H19N7O6S/c1-6(15-11(13)14)4-9-16-17-10(24-9)8-3-2-7-5-18(8)12(20)19(7)25-26(21,22)23/h6-8H,2-5H2,1H3,(H4,13,14,15)(H,21,22,23)/t6?,7-,8+/m1/s1. The predicted octanol–water partition coefficient (Wildman–Crippen LogP) is -1.05. The summed E-state index contributed by atoms with van der Waals surface area (Å²) < 4.78 is 40.6. The number of urea groups is 1. The number of carbonyl (C=O) groups is 1. The van der Waals surface area contributed by atoms with Crippen LogP contribution in [0.4, 0.5) is 4.79 Å². The van der Waals surface area contributed by atoms with E-state index in [1.807, 2.05) is 0 Å². The number of hydrogen-bond donors (Lipinski definition) is 3. The van der Waals surface area contributed by atoms with E-state index >= 15 is 0 Å². The SMILES string of the molecule is CC(Cc1nnc([C@@H]2CC[C@@H]3CN2C(=O)N3OS(=O)(=O)O)o1)N=C(N)N. The van der Waals surface area contributed by atoms with Gasteiger partial charge in [-0.05, 0) is 19.8 Å². The Bertz CT molecular complexity index is 820. The molecule has 1 unspecified atom stereocenters. The summed E-state index contributed by atoms with van der Waals surface area (Å²) in [7, 11) is -4.79. The lowest BCUT2D eigenvalue weighted by atomic mass is 10.0. The third-order valence-corrected chi connectivity index (χ3v) is 4.45. The Balaban J connectivity index is 1.72. The van der Waals surface area contributed by atoms with Gasteiger partial charge in [-0.3, -0.25) is 9.55 Å². The molecular formula is C12H19N7O6S. The van der Waals surface area contributed by atoms with Gasteiger partial charge in [0.15, 0.2) is 5.96 Å². The highest BCUT2D eigenvalue weighted by Gasteiger charge is 2.49. The van der Waals surface area contributed by atoms with Gasteiger partial charge in [-0.1, -0.05) is 0 Å². The largest absolute Gasteiger partial charge is 0.423 e. The Morgan fingerprint density at radius 1 is 1.46 bits per heavy atom. The average molecular weight is 389 g/mol. The first-order valence-corrected chi connectivity index (χ1v) is 9.18. The third kappa shape index (κ3) is 3.86. The lowest BCUT2D eigenvalue weighted by molar-refractivity contribution is -0.0317. The molecular weight excluding hydrogens is 370 g/mol. The molecule has 0 aromatic carbocycles. The maximum absolute atomic E-state index is 12.4. The number of amides is 2. The number of aromatic nitrogens is 2. The summed E-state index contributed by atoms with van der Waals surface area (Å²) in [6, 6.07) is -1.93. The number of piperidine rings is 1. The van der Waals surface area contributed by atoms with Crippen LogP contribution in [-0.4, -0.2) is 63.8 Å². The quantitative estimate of drug-likeness (QED) is 0.307. The van der Waals surface area contributed by atoms with Crippen LogP contribution in [0.3, 0.4) is 0 Å². The number of hydroxylamine groups is 2. The highest BCUT2D eigenvalue weighted by Crippen LogP contribution is 2.38. The van der Waals surface area contributed by atoms with Gasteiger partial charge in [0.25, 0.3) is 0 Å². The van der Waals surface area contributed by atoms with Crippen molar-refractivity contribution >= 4 is 22.4 Å². The van der Waals surface area contributed by atoms with Gasteiger partial charge in [0.1, 0.15) is 6.04 Å². The van der Waals surface area contributed by atoms with Gasteiger partial charge >= 0.3 is 16.4 Å². The van der Waals surface area contributed by atoms with Gasteiger partial charge in [-0.15, -0.1) is 14.5 Å². The second-order valence-corrected chi connectivity index (χ2v) is 7.16. The number of aliphatic imine (C=N–C) groups is 1. The number of nitrogens with two attached hydrogens (primary N) is 2. The van der Waals surface area contributed by atoms with Crippen LogP contribution >= 0.6 is 0 Å². The fourth-order valence-electron chi connectivity index (χ4n) is 3.12. The van der Waals surface area contributed by atoms with Crippen LogP contribution < -0.4 is 11.5 Å². The van der Waals surface area contributed by atoms with E-state index in [0.717, 1.165) is 0 Å². The van der Waals surface area contributed by atoms with Crippen molar-refractivity contribution in [3.8, 4) is 0 Å². The van der Waals surface area contributed by atoms with E-state index < -0.39 is 28.5 Å². The molecule has 3 atom stereocenters. The van der Waals surface area contributed by atoms with Crippen LogP contribution in [0.2, 0.25) is 0 Å². The van der Waals surface area contributed by atoms with Gasteiger partial charge < -0.3 is 20.8 Å². The van der Waals surface area contributed by atoms with Crippen molar-refractivity contribution in [3.63, 3.8) is 0 Å². The van der Waals surface area contributed by atoms with Crippen LogP contribution in [0.1, 0.15) is 37.6 Å². The van der Waals surface area contributed by atoms with Crippen molar-refractivity contribution in [2.75, 3.05) is 6.54 Å². The molecule has 0 saturated carbocycles. The first-order chi connectivity index (χ1) is 12.1. The van der Waals surface area contributed by atoms with Gasteiger partial charge in [0.2, 0.25) is 11.8 Å². The zero-order chi connectivity index (χ0) is 19.1. The summed E-state index contributed by atoms with van der Waals surface area (Å²) >= 11 is 0. The molecule has 26 heavy (non-hydrogen) atoms. The third-order valence-electron chi connectivity index (χ3n) is 4.10. The Kier molecular flexibility index (Phi) is 4.72.